The van der Waals surface area contributed by atoms with Gasteiger partial charge in [-0.2, -0.15) is 0 Å². The van der Waals surface area contributed by atoms with Gasteiger partial charge >= 0.3 is 0 Å². The summed E-state index contributed by atoms with van der Waals surface area (Å²) in [6.45, 7) is 5.90. The second kappa shape index (κ2) is 6.02. The molecule has 3 atom stereocenters. The SMILES string of the molecule is CCC(C)(OC)C(=O)NC1(CO)CCCC(C)C1. The highest BCUT2D eigenvalue weighted by Crippen LogP contribution is 2.32. The van der Waals surface area contributed by atoms with Crippen LogP contribution in [0.4, 0.5) is 0 Å². The topological polar surface area (TPSA) is 58.6 Å². The minimum absolute atomic E-state index is 0.00654. The Balaban J connectivity index is 2.76. The Labute approximate surface area is 110 Å². The molecule has 1 amide bonds. The van der Waals surface area contributed by atoms with E-state index in [1.807, 2.05) is 6.92 Å². The van der Waals surface area contributed by atoms with E-state index in [9.17, 15) is 9.90 Å². The predicted octanol–water partition coefficient (Wildman–Crippen LogP) is 1.86. The molecule has 4 nitrogen and oxygen atoms in total. The quantitative estimate of drug-likeness (QED) is 0.790. The molecule has 1 aliphatic rings. The van der Waals surface area contributed by atoms with Crippen LogP contribution < -0.4 is 5.32 Å². The molecule has 0 aromatic rings. The molecule has 4 heteroatoms. The lowest BCUT2D eigenvalue weighted by atomic mass is 9.76. The fourth-order valence-corrected chi connectivity index (χ4v) is 2.73. The Morgan fingerprint density at radius 2 is 2.28 bits per heavy atom. The number of nitrogens with one attached hydrogen (secondary N) is 1. The number of carbonyl (C=O) groups excluding carboxylic acids is 1. The highest BCUT2D eigenvalue weighted by atomic mass is 16.5. The van der Waals surface area contributed by atoms with Crippen LogP contribution in [0.25, 0.3) is 0 Å². The zero-order valence-corrected chi connectivity index (χ0v) is 12.1. The second-order valence-electron chi connectivity index (χ2n) is 5.88. The lowest BCUT2D eigenvalue weighted by Crippen LogP contribution is -2.59. The van der Waals surface area contributed by atoms with Crippen molar-refractivity contribution in [3.8, 4) is 0 Å². The summed E-state index contributed by atoms with van der Waals surface area (Å²) < 4.78 is 5.31. The lowest BCUT2D eigenvalue weighted by Gasteiger charge is -2.41. The number of aliphatic hydroxyl groups is 1. The van der Waals surface area contributed by atoms with E-state index in [1.54, 1.807) is 14.0 Å². The minimum atomic E-state index is -0.803. The van der Waals surface area contributed by atoms with E-state index in [1.165, 1.54) is 6.42 Å². The van der Waals surface area contributed by atoms with E-state index in [4.69, 9.17) is 4.74 Å². The summed E-state index contributed by atoms with van der Waals surface area (Å²) >= 11 is 0. The van der Waals surface area contributed by atoms with Crippen molar-refractivity contribution in [1.29, 1.82) is 0 Å². The third-order valence-corrected chi connectivity index (χ3v) is 4.38. The van der Waals surface area contributed by atoms with Crippen LogP contribution >= 0.6 is 0 Å². The van der Waals surface area contributed by atoms with Crippen molar-refractivity contribution in [3.05, 3.63) is 0 Å². The molecule has 0 aromatic carbocycles. The average Bonchev–Trinajstić information content (AvgIpc) is 2.37. The highest BCUT2D eigenvalue weighted by molar-refractivity contribution is 5.85. The minimum Gasteiger partial charge on any atom is -0.394 e. The second-order valence-corrected chi connectivity index (χ2v) is 5.88. The molecule has 0 heterocycles. The fourth-order valence-electron chi connectivity index (χ4n) is 2.73. The van der Waals surface area contributed by atoms with Crippen LogP contribution in [0, 0.1) is 5.92 Å². The smallest absolute Gasteiger partial charge is 0.252 e. The van der Waals surface area contributed by atoms with Gasteiger partial charge in [-0.05, 0) is 32.1 Å². The molecule has 1 fully saturated rings. The first-order valence-electron chi connectivity index (χ1n) is 6.90. The first-order valence-corrected chi connectivity index (χ1v) is 6.90. The van der Waals surface area contributed by atoms with Gasteiger partial charge in [0.2, 0.25) is 0 Å². The van der Waals surface area contributed by atoms with Crippen LogP contribution in [-0.4, -0.2) is 35.9 Å². The maximum absolute atomic E-state index is 12.3. The van der Waals surface area contributed by atoms with Gasteiger partial charge in [0.15, 0.2) is 0 Å². The Hall–Kier alpha value is -0.610. The molecule has 0 saturated heterocycles. The van der Waals surface area contributed by atoms with Crippen molar-refractivity contribution in [2.75, 3.05) is 13.7 Å². The number of amides is 1. The highest BCUT2D eigenvalue weighted by Gasteiger charge is 2.40. The van der Waals surface area contributed by atoms with Crippen LogP contribution in [-0.2, 0) is 9.53 Å². The molecule has 2 N–H and O–H groups in total. The van der Waals surface area contributed by atoms with Crippen molar-refractivity contribution < 1.29 is 14.6 Å². The number of hydrogen-bond donors (Lipinski definition) is 2. The van der Waals surface area contributed by atoms with Gasteiger partial charge in [0.1, 0.15) is 5.60 Å². The van der Waals surface area contributed by atoms with Crippen LogP contribution in [0.15, 0.2) is 0 Å². The molecular weight excluding hydrogens is 230 g/mol. The van der Waals surface area contributed by atoms with Crippen LogP contribution in [0.5, 0.6) is 0 Å². The summed E-state index contributed by atoms with van der Waals surface area (Å²) in [4.78, 5) is 12.3. The maximum atomic E-state index is 12.3. The summed E-state index contributed by atoms with van der Waals surface area (Å²) in [5.41, 5.74) is -1.26. The Morgan fingerprint density at radius 1 is 1.61 bits per heavy atom. The van der Waals surface area contributed by atoms with Gasteiger partial charge in [-0.3, -0.25) is 4.79 Å². The molecule has 0 aromatic heterocycles. The number of aliphatic hydroxyl groups excluding tert-OH is 1. The molecule has 1 saturated carbocycles. The average molecular weight is 257 g/mol. The summed E-state index contributed by atoms with van der Waals surface area (Å²) in [7, 11) is 1.55. The van der Waals surface area contributed by atoms with Gasteiger partial charge in [-0.25, -0.2) is 0 Å². The molecular formula is C14H27NO3. The summed E-state index contributed by atoms with van der Waals surface area (Å²) in [5, 5.41) is 12.7. The van der Waals surface area contributed by atoms with Crippen molar-refractivity contribution in [2.24, 2.45) is 5.92 Å². The number of ether oxygens (including phenoxy) is 1. The zero-order chi connectivity index (χ0) is 13.8. The molecule has 18 heavy (non-hydrogen) atoms. The van der Waals surface area contributed by atoms with E-state index < -0.39 is 11.1 Å². The van der Waals surface area contributed by atoms with Gasteiger partial charge in [0, 0.05) is 7.11 Å². The number of carbonyl (C=O) groups is 1. The van der Waals surface area contributed by atoms with Gasteiger partial charge in [-0.15, -0.1) is 0 Å². The standard InChI is InChI=1S/C14H27NO3/c1-5-13(3,18-4)12(17)15-14(10-16)8-6-7-11(2)9-14/h11,16H,5-10H2,1-4H3,(H,15,17). The summed E-state index contributed by atoms with van der Waals surface area (Å²) in [6.07, 6.45) is 4.54. The molecule has 0 aliphatic heterocycles. The molecule has 0 spiro atoms. The number of methoxy groups -OCH3 is 1. The largest absolute Gasteiger partial charge is 0.394 e. The van der Waals surface area contributed by atoms with Crippen molar-refractivity contribution in [1.82, 2.24) is 5.32 Å². The number of hydrogen-bond acceptors (Lipinski definition) is 3. The number of rotatable bonds is 5. The third-order valence-electron chi connectivity index (χ3n) is 4.38. The van der Waals surface area contributed by atoms with E-state index in [-0.39, 0.29) is 12.5 Å². The first-order chi connectivity index (χ1) is 8.41. The maximum Gasteiger partial charge on any atom is 0.252 e. The monoisotopic (exact) mass is 257 g/mol. The van der Waals surface area contributed by atoms with Gasteiger partial charge in [0.25, 0.3) is 5.91 Å². The molecule has 3 unspecified atom stereocenters. The van der Waals surface area contributed by atoms with Crippen LogP contribution in [0.2, 0.25) is 0 Å². The Morgan fingerprint density at radius 3 is 2.72 bits per heavy atom. The Kier molecular flexibility index (Phi) is 5.17. The Bertz CT molecular complexity index is 289. The normalized spacial score (nSPS) is 31.7. The van der Waals surface area contributed by atoms with Crippen molar-refractivity contribution in [3.63, 3.8) is 0 Å². The van der Waals surface area contributed by atoms with E-state index in [0.717, 1.165) is 19.3 Å². The fraction of sp³-hybridized carbons (Fsp3) is 0.929. The zero-order valence-electron chi connectivity index (χ0n) is 12.1. The molecule has 0 bridgehead atoms. The first kappa shape index (κ1) is 15.4. The van der Waals surface area contributed by atoms with E-state index in [2.05, 4.69) is 12.2 Å². The van der Waals surface area contributed by atoms with Crippen molar-refractivity contribution in [2.45, 2.75) is 64.0 Å². The van der Waals surface area contributed by atoms with Crippen molar-refractivity contribution >= 4 is 5.91 Å². The van der Waals surface area contributed by atoms with E-state index in [0.29, 0.717) is 12.3 Å². The molecule has 106 valence electrons. The van der Waals surface area contributed by atoms with E-state index >= 15 is 0 Å². The molecule has 0 radical (unpaired) electrons. The van der Waals surface area contributed by atoms with Gasteiger partial charge < -0.3 is 15.2 Å². The third kappa shape index (κ3) is 3.23. The predicted molar refractivity (Wildman–Crippen MR) is 71.3 cm³/mol. The van der Waals surface area contributed by atoms with Gasteiger partial charge in [0.05, 0.1) is 12.1 Å². The molecule has 1 aliphatic carbocycles. The molecule has 1 rings (SSSR count). The van der Waals surface area contributed by atoms with Crippen LogP contribution in [0.1, 0.15) is 52.9 Å². The lowest BCUT2D eigenvalue weighted by molar-refractivity contribution is -0.145. The summed E-state index contributed by atoms with van der Waals surface area (Å²) in [5.74, 6) is 0.428. The summed E-state index contributed by atoms with van der Waals surface area (Å²) in [6, 6.07) is 0. The van der Waals surface area contributed by atoms with Crippen LogP contribution in [0.3, 0.4) is 0 Å². The van der Waals surface area contributed by atoms with Gasteiger partial charge in [-0.1, -0.05) is 26.7 Å².